The molecule has 0 atom stereocenters. The third-order valence-electron chi connectivity index (χ3n) is 2.28. The van der Waals surface area contributed by atoms with E-state index in [1.165, 1.54) is 0 Å². The molecule has 0 aromatic heterocycles. The molecule has 0 unspecified atom stereocenters. The molecule has 0 rings (SSSR count). The summed E-state index contributed by atoms with van der Waals surface area (Å²) >= 11 is 0. The van der Waals surface area contributed by atoms with Crippen LogP contribution in [0, 0.1) is 0 Å². The molecule has 22 heavy (non-hydrogen) atoms. The van der Waals surface area contributed by atoms with E-state index in [-0.39, 0.29) is 0 Å². The molecule has 0 heterocycles. The summed E-state index contributed by atoms with van der Waals surface area (Å²) < 4.78 is 182. The molecule has 0 aromatic rings. The van der Waals surface area contributed by atoms with Gasteiger partial charge in [0.15, 0.2) is 0 Å². The van der Waals surface area contributed by atoms with E-state index in [4.69, 9.17) is 0 Å². The van der Waals surface area contributed by atoms with E-state index in [9.17, 15) is 66.0 Å². The monoisotopic (exact) mass is 371 g/mol. The first-order valence-electron chi connectivity index (χ1n) is 4.27. The predicted molar refractivity (Wildman–Crippen MR) is 34.8 cm³/mol. The van der Waals surface area contributed by atoms with Crippen LogP contribution in [0.1, 0.15) is 0 Å². The number of rotatable bonds is 3. The first-order chi connectivity index (χ1) is 9.19. The Kier molecular flexibility index (Phi) is 4.71. The number of hydrogen-bond acceptors (Lipinski definition) is 1. The van der Waals surface area contributed by atoms with Gasteiger partial charge in [-0.1, -0.05) is 8.96 Å². The summed E-state index contributed by atoms with van der Waals surface area (Å²) in [4.78, 5) is 0. The Bertz CT molecular complexity index is 382. The maximum atomic E-state index is 12.8. The van der Waals surface area contributed by atoms with Crippen molar-refractivity contribution in [1.82, 2.24) is 5.34 Å². The van der Waals surface area contributed by atoms with Crippen molar-refractivity contribution in [3.8, 4) is 0 Å². The first kappa shape index (κ1) is 20.9. The smallest absolute Gasteiger partial charge is 0.196 e. The summed E-state index contributed by atoms with van der Waals surface area (Å²) in [6.07, 6.45) is -23.6. The quantitative estimate of drug-likeness (QED) is 0.511. The molecule has 0 aliphatic heterocycles. The lowest BCUT2D eigenvalue weighted by Gasteiger charge is -2.44. The fourth-order valence-corrected chi connectivity index (χ4v) is 1.22. The van der Waals surface area contributed by atoms with Gasteiger partial charge in [-0.05, 0) is 0 Å². The van der Waals surface area contributed by atoms with E-state index in [2.05, 4.69) is 0 Å². The van der Waals surface area contributed by atoms with Gasteiger partial charge in [-0.2, -0.15) is 57.1 Å². The molecule has 0 bridgehead atoms. The summed E-state index contributed by atoms with van der Waals surface area (Å²) in [5, 5.41) is -4.47. The average molecular weight is 371 g/mol. The maximum absolute atomic E-state index is 12.8. The molecule has 0 aliphatic carbocycles. The van der Waals surface area contributed by atoms with Gasteiger partial charge in [0.05, 0.1) is 5.34 Å². The minimum atomic E-state index is -8.35. The van der Waals surface area contributed by atoms with Gasteiger partial charge < -0.3 is 0 Å². The Morgan fingerprint density at radius 3 is 0.818 bits per heavy atom. The van der Waals surface area contributed by atoms with Crippen molar-refractivity contribution in [2.45, 2.75) is 35.9 Å². The molecule has 1 nitrogen and oxygen atoms in total. The molecule has 0 saturated carbocycles. The predicted octanol–water partition coefficient (Wildman–Crippen LogP) is 4.75. The lowest BCUT2D eigenvalue weighted by Crippen LogP contribution is -2.78. The van der Waals surface area contributed by atoms with Crippen molar-refractivity contribution in [2.24, 2.45) is 0 Å². The molecule has 0 radical (unpaired) electrons. The van der Waals surface area contributed by atoms with E-state index in [0.29, 0.717) is 0 Å². The summed E-state index contributed by atoms with van der Waals surface area (Å²) in [6, 6.07) is 0. The molecule has 0 N–H and O–H groups in total. The van der Waals surface area contributed by atoms with E-state index < -0.39 is 41.3 Å². The van der Waals surface area contributed by atoms with Crippen LogP contribution in [0.25, 0.3) is 0 Å². The summed E-state index contributed by atoms with van der Waals surface area (Å²) in [5.74, 6) is -16.4. The zero-order valence-electron chi connectivity index (χ0n) is 9.12. The van der Waals surface area contributed by atoms with E-state index in [1.54, 1.807) is 0 Å². The number of alkyl halides is 13. The molecular formula is C6F15N. The largest absolute Gasteiger partial charge is 0.459 e. The van der Waals surface area contributed by atoms with Crippen LogP contribution in [0.5, 0.6) is 0 Å². The highest BCUT2D eigenvalue weighted by Crippen LogP contribution is 2.62. The third-order valence-corrected chi connectivity index (χ3v) is 2.28. The van der Waals surface area contributed by atoms with Gasteiger partial charge in [0.2, 0.25) is 0 Å². The van der Waals surface area contributed by atoms with Crippen LogP contribution in [0.4, 0.5) is 66.0 Å². The lowest BCUT2D eigenvalue weighted by atomic mass is 9.85. The van der Waals surface area contributed by atoms with Gasteiger partial charge >= 0.3 is 35.9 Å². The Morgan fingerprint density at radius 1 is 0.409 bits per heavy atom. The Morgan fingerprint density at radius 2 is 0.682 bits per heavy atom. The molecule has 0 fully saturated rings. The van der Waals surface area contributed by atoms with Crippen molar-refractivity contribution >= 4 is 0 Å². The Balaban J connectivity index is 6.85. The van der Waals surface area contributed by atoms with Crippen molar-refractivity contribution in [3.63, 3.8) is 0 Å². The fourth-order valence-electron chi connectivity index (χ4n) is 1.22. The summed E-state index contributed by atoms with van der Waals surface area (Å²) in [7, 11) is 0. The number of nitrogens with zero attached hydrogens (tertiary/aromatic N) is 1. The first-order valence-corrected chi connectivity index (χ1v) is 4.27. The van der Waals surface area contributed by atoms with Crippen molar-refractivity contribution in [2.75, 3.05) is 0 Å². The second-order valence-corrected chi connectivity index (χ2v) is 3.59. The van der Waals surface area contributed by atoms with Crippen LogP contribution in [-0.4, -0.2) is 41.3 Å². The van der Waals surface area contributed by atoms with Crippen LogP contribution in [-0.2, 0) is 0 Å². The highest BCUT2D eigenvalue weighted by Gasteiger charge is 2.96. The van der Waals surface area contributed by atoms with Crippen LogP contribution in [0.2, 0.25) is 0 Å². The normalized spacial score (nSPS) is 16.4. The van der Waals surface area contributed by atoms with Gasteiger partial charge in [-0.25, -0.2) is 0 Å². The zero-order chi connectivity index (χ0) is 18.6. The minimum absolute atomic E-state index is 4.47. The zero-order valence-corrected chi connectivity index (χ0v) is 9.12. The SMILES string of the molecule is FN(F)C(C(F)(F)F)(C(F)(F)F)C(F)(F)C(F)(F)C(F)(F)F. The Labute approximate surface area is 109 Å². The molecule has 0 amide bonds. The Hall–Kier alpha value is -1.09. The maximum Gasteiger partial charge on any atom is 0.459 e. The second-order valence-electron chi connectivity index (χ2n) is 3.59. The van der Waals surface area contributed by atoms with Crippen molar-refractivity contribution in [1.29, 1.82) is 0 Å². The molecule has 0 spiro atoms. The van der Waals surface area contributed by atoms with E-state index in [1.807, 2.05) is 0 Å². The number of hydrogen-bond donors (Lipinski definition) is 0. The van der Waals surface area contributed by atoms with Crippen molar-refractivity contribution < 1.29 is 66.0 Å². The molecule has 134 valence electrons. The van der Waals surface area contributed by atoms with Gasteiger partial charge in [0.1, 0.15) is 0 Å². The second kappa shape index (κ2) is 4.95. The van der Waals surface area contributed by atoms with E-state index >= 15 is 0 Å². The van der Waals surface area contributed by atoms with Gasteiger partial charge in [0, 0.05) is 0 Å². The van der Waals surface area contributed by atoms with Gasteiger partial charge in [-0.15, -0.1) is 0 Å². The van der Waals surface area contributed by atoms with E-state index in [0.717, 1.165) is 0 Å². The highest BCUT2D eigenvalue weighted by atomic mass is 19.4. The fraction of sp³-hybridized carbons (Fsp3) is 1.00. The molecular weight excluding hydrogens is 371 g/mol. The molecule has 16 heteroatoms. The topological polar surface area (TPSA) is 3.24 Å². The van der Waals surface area contributed by atoms with Crippen LogP contribution in [0.15, 0.2) is 0 Å². The van der Waals surface area contributed by atoms with Crippen LogP contribution >= 0.6 is 0 Å². The van der Waals surface area contributed by atoms with Gasteiger partial charge in [0.25, 0.3) is 0 Å². The number of halogens is 15. The minimum Gasteiger partial charge on any atom is -0.196 e. The van der Waals surface area contributed by atoms with Crippen molar-refractivity contribution in [3.05, 3.63) is 0 Å². The summed E-state index contributed by atoms with van der Waals surface area (Å²) in [6.45, 7) is 0. The highest BCUT2D eigenvalue weighted by molar-refractivity contribution is 5.15. The van der Waals surface area contributed by atoms with Gasteiger partial charge in [-0.3, -0.25) is 0 Å². The molecule has 0 aromatic carbocycles. The molecule has 0 aliphatic rings. The third kappa shape index (κ3) is 2.44. The lowest BCUT2D eigenvalue weighted by molar-refractivity contribution is -0.496. The molecule has 0 saturated heterocycles. The summed E-state index contributed by atoms with van der Waals surface area (Å²) in [5.41, 5.74) is -8.09. The van der Waals surface area contributed by atoms with Crippen LogP contribution in [0.3, 0.4) is 0 Å². The van der Waals surface area contributed by atoms with Crippen LogP contribution < -0.4 is 0 Å². The standard InChI is InChI=1S/C6F15N/c7-2(8,3(9,10)6(17,18)19)1(22(20)21,4(11,12)13)5(14,15)16. The average Bonchev–Trinajstić information content (AvgIpc) is 2.08.